The average molecular weight is 203 g/mol. The summed E-state index contributed by atoms with van der Waals surface area (Å²) in [5, 5.41) is 0. The SMILES string of the molecule is CC[C@@H](C)[C@@H](N)c1nc2ccccc2[nH]1. The van der Waals surface area contributed by atoms with Crippen LogP contribution in [0.2, 0.25) is 0 Å². The molecule has 0 saturated heterocycles. The lowest BCUT2D eigenvalue weighted by molar-refractivity contribution is 0.442. The van der Waals surface area contributed by atoms with Crippen LogP contribution in [0.15, 0.2) is 24.3 Å². The van der Waals surface area contributed by atoms with E-state index in [1.54, 1.807) is 0 Å². The molecule has 0 bridgehead atoms. The van der Waals surface area contributed by atoms with Crippen LogP contribution in [0.4, 0.5) is 0 Å². The monoisotopic (exact) mass is 203 g/mol. The zero-order chi connectivity index (χ0) is 10.8. The Morgan fingerprint density at radius 3 is 2.80 bits per heavy atom. The van der Waals surface area contributed by atoms with Crippen molar-refractivity contribution in [1.29, 1.82) is 0 Å². The first-order valence-electron chi connectivity index (χ1n) is 5.42. The van der Waals surface area contributed by atoms with Gasteiger partial charge in [0, 0.05) is 0 Å². The number of hydrogen-bond donors (Lipinski definition) is 2. The van der Waals surface area contributed by atoms with Gasteiger partial charge in [-0.15, -0.1) is 0 Å². The molecule has 3 N–H and O–H groups in total. The van der Waals surface area contributed by atoms with E-state index in [1.165, 1.54) is 0 Å². The summed E-state index contributed by atoms with van der Waals surface area (Å²) in [5.41, 5.74) is 8.17. The Bertz CT molecular complexity index is 414. The molecular formula is C12H17N3. The Morgan fingerprint density at radius 2 is 2.13 bits per heavy atom. The number of para-hydroxylation sites is 2. The maximum Gasteiger partial charge on any atom is 0.124 e. The first-order chi connectivity index (χ1) is 7.22. The van der Waals surface area contributed by atoms with Crippen LogP contribution in [0.25, 0.3) is 11.0 Å². The molecule has 2 atom stereocenters. The predicted molar refractivity (Wildman–Crippen MR) is 62.5 cm³/mol. The fraction of sp³-hybridized carbons (Fsp3) is 0.417. The lowest BCUT2D eigenvalue weighted by Crippen LogP contribution is -2.19. The predicted octanol–water partition coefficient (Wildman–Crippen LogP) is 2.61. The van der Waals surface area contributed by atoms with Crippen LogP contribution in [-0.2, 0) is 0 Å². The van der Waals surface area contributed by atoms with Crippen molar-refractivity contribution in [2.75, 3.05) is 0 Å². The van der Waals surface area contributed by atoms with E-state index in [1.807, 2.05) is 24.3 Å². The molecule has 0 saturated carbocycles. The zero-order valence-corrected chi connectivity index (χ0v) is 9.20. The Hall–Kier alpha value is -1.35. The van der Waals surface area contributed by atoms with E-state index >= 15 is 0 Å². The number of hydrogen-bond acceptors (Lipinski definition) is 2. The van der Waals surface area contributed by atoms with Crippen LogP contribution in [0.3, 0.4) is 0 Å². The van der Waals surface area contributed by atoms with Crippen LogP contribution in [0.5, 0.6) is 0 Å². The topological polar surface area (TPSA) is 54.7 Å². The summed E-state index contributed by atoms with van der Waals surface area (Å²) >= 11 is 0. The van der Waals surface area contributed by atoms with Crippen molar-refractivity contribution in [3.05, 3.63) is 30.1 Å². The van der Waals surface area contributed by atoms with Crippen LogP contribution < -0.4 is 5.73 Å². The minimum atomic E-state index is 0.00222. The van der Waals surface area contributed by atoms with E-state index in [2.05, 4.69) is 23.8 Å². The molecule has 0 unspecified atom stereocenters. The van der Waals surface area contributed by atoms with Gasteiger partial charge in [-0.1, -0.05) is 32.4 Å². The molecule has 0 aliphatic rings. The lowest BCUT2D eigenvalue weighted by Gasteiger charge is -2.15. The number of imidazole rings is 1. The van der Waals surface area contributed by atoms with Crippen LogP contribution in [0, 0.1) is 5.92 Å². The normalized spacial score (nSPS) is 15.4. The number of aromatic amines is 1. The molecule has 1 aromatic carbocycles. The summed E-state index contributed by atoms with van der Waals surface area (Å²) in [6.45, 7) is 4.30. The van der Waals surface area contributed by atoms with Gasteiger partial charge in [-0.25, -0.2) is 4.98 Å². The largest absolute Gasteiger partial charge is 0.341 e. The fourth-order valence-electron chi connectivity index (χ4n) is 1.65. The standard InChI is InChI=1S/C12H17N3/c1-3-8(2)11(13)12-14-9-6-4-5-7-10(9)15-12/h4-8,11H,3,13H2,1-2H3,(H,14,15)/t8-,11-/m1/s1. The molecule has 1 heterocycles. The van der Waals surface area contributed by atoms with E-state index < -0.39 is 0 Å². The van der Waals surface area contributed by atoms with Crippen molar-refractivity contribution in [2.45, 2.75) is 26.3 Å². The van der Waals surface area contributed by atoms with Crippen molar-refractivity contribution in [3.63, 3.8) is 0 Å². The molecule has 2 aromatic rings. The van der Waals surface area contributed by atoms with Gasteiger partial charge in [0.2, 0.25) is 0 Å². The third-order valence-corrected chi connectivity index (χ3v) is 2.98. The molecular weight excluding hydrogens is 186 g/mol. The van der Waals surface area contributed by atoms with E-state index in [0.29, 0.717) is 5.92 Å². The van der Waals surface area contributed by atoms with Crippen molar-refractivity contribution < 1.29 is 0 Å². The van der Waals surface area contributed by atoms with Crippen LogP contribution in [0.1, 0.15) is 32.1 Å². The van der Waals surface area contributed by atoms with E-state index in [0.717, 1.165) is 23.3 Å². The van der Waals surface area contributed by atoms with Gasteiger partial charge in [0.05, 0.1) is 17.1 Å². The van der Waals surface area contributed by atoms with E-state index in [9.17, 15) is 0 Å². The minimum Gasteiger partial charge on any atom is -0.341 e. The summed E-state index contributed by atoms with van der Waals surface area (Å²) in [6.07, 6.45) is 1.07. The third kappa shape index (κ3) is 1.88. The number of fused-ring (bicyclic) bond motifs is 1. The molecule has 80 valence electrons. The Balaban J connectivity index is 2.36. The Kier molecular flexibility index (Phi) is 2.73. The highest BCUT2D eigenvalue weighted by atomic mass is 15.0. The van der Waals surface area contributed by atoms with Crippen LogP contribution in [-0.4, -0.2) is 9.97 Å². The second-order valence-electron chi connectivity index (χ2n) is 4.05. The number of aromatic nitrogens is 2. The lowest BCUT2D eigenvalue weighted by atomic mass is 10.00. The van der Waals surface area contributed by atoms with Gasteiger partial charge in [-0.3, -0.25) is 0 Å². The highest BCUT2D eigenvalue weighted by Gasteiger charge is 2.16. The molecule has 0 aliphatic carbocycles. The summed E-state index contributed by atoms with van der Waals surface area (Å²) in [7, 11) is 0. The summed E-state index contributed by atoms with van der Waals surface area (Å²) in [4.78, 5) is 7.78. The second kappa shape index (κ2) is 4.03. The minimum absolute atomic E-state index is 0.00222. The average Bonchev–Trinajstić information content (AvgIpc) is 2.70. The number of rotatable bonds is 3. The molecule has 3 nitrogen and oxygen atoms in total. The highest BCUT2D eigenvalue weighted by Crippen LogP contribution is 2.21. The first-order valence-corrected chi connectivity index (χ1v) is 5.42. The van der Waals surface area contributed by atoms with Gasteiger partial charge in [0.25, 0.3) is 0 Å². The smallest absolute Gasteiger partial charge is 0.124 e. The fourth-order valence-corrected chi connectivity index (χ4v) is 1.65. The van der Waals surface area contributed by atoms with Gasteiger partial charge < -0.3 is 10.7 Å². The molecule has 3 heteroatoms. The molecule has 0 amide bonds. The third-order valence-electron chi connectivity index (χ3n) is 2.98. The van der Waals surface area contributed by atoms with Gasteiger partial charge in [-0.2, -0.15) is 0 Å². The Morgan fingerprint density at radius 1 is 1.40 bits per heavy atom. The Labute approximate surface area is 89.7 Å². The van der Waals surface area contributed by atoms with E-state index in [4.69, 9.17) is 5.73 Å². The van der Waals surface area contributed by atoms with Crippen molar-refractivity contribution >= 4 is 11.0 Å². The molecule has 0 radical (unpaired) electrons. The molecule has 0 spiro atoms. The highest BCUT2D eigenvalue weighted by molar-refractivity contribution is 5.74. The molecule has 1 aromatic heterocycles. The molecule has 2 rings (SSSR count). The quantitative estimate of drug-likeness (QED) is 0.805. The van der Waals surface area contributed by atoms with Crippen molar-refractivity contribution in [3.8, 4) is 0 Å². The number of nitrogens with one attached hydrogen (secondary N) is 1. The number of nitrogens with zero attached hydrogens (tertiary/aromatic N) is 1. The first kappa shape index (κ1) is 10.2. The van der Waals surface area contributed by atoms with Gasteiger partial charge >= 0.3 is 0 Å². The van der Waals surface area contributed by atoms with Gasteiger partial charge in [-0.05, 0) is 18.1 Å². The number of H-pyrrole nitrogens is 1. The maximum absolute atomic E-state index is 6.12. The summed E-state index contributed by atoms with van der Waals surface area (Å²) < 4.78 is 0. The summed E-state index contributed by atoms with van der Waals surface area (Å²) in [5.74, 6) is 1.34. The van der Waals surface area contributed by atoms with Crippen LogP contribution >= 0.6 is 0 Å². The summed E-state index contributed by atoms with van der Waals surface area (Å²) in [6, 6.07) is 8.01. The van der Waals surface area contributed by atoms with Gasteiger partial charge in [0.1, 0.15) is 5.82 Å². The number of benzene rings is 1. The molecule has 15 heavy (non-hydrogen) atoms. The van der Waals surface area contributed by atoms with E-state index in [-0.39, 0.29) is 6.04 Å². The molecule has 0 fully saturated rings. The maximum atomic E-state index is 6.12. The van der Waals surface area contributed by atoms with Gasteiger partial charge in [0.15, 0.2) is 0 Å². The number of nitrogens with two attached hydrogens (primary N) is 1. The van der Waals surface area contributed by atoms with Crippen molar-refractivity contribution in [1.82, 2.24) is 9.97 Å². The second-order valence-corrected chi connectivity index (χ2v) is 4.05. The zero-order valence-electron chi connectivity index (χ0n) is 9.20. The molecule has 0 aliphatic heterocycles. The van der Waals surface area contributed by atoms with Crippen molar-refractivity contribution in [2.24, 2.45) is 11.7 Å².